The molecule has 0 bridgehead atoms. The Morgan fingerprint density at radius 2 is 2.06 bits per heavy atom. The second-order valence-electron chi connectivity index (χ2n) is 3.94. The summed E-state index contributed by atoms with van der Waals surface area (Å²) in [4.78, 5) is 3.28. The summed E-state index contributed by atoms with van der Waals surface area (Å²) in [7, 11) is 0. The summed E-state index contributed by atoms with van der Waals surface area (Å²) in [6.45, 7) is 1.86. The summed E-state index contributed by atoms with van der Waals surface area (Å²) in [5.41, 5.74) is 2.59. The van der Waals surface area contributed by atoms with Gasteiger partial charge < -0.3 is 15.4 Å². The van der Waals surface area contributed by atoms with Gasteiger partial charge in [0.25, 0.3) is 0 Å². The van der Waals surface area contributed by atoms with Gasteiger partial charge in [-0.3, -0.25) is 0 Å². The Morgan fingerprint density at radius 3 is 2.94 bits per heavy atom. The molecule has 16 heavy (non-hydrogen) atoms. The molecule has 0 radical (unpaired) electrons. The third kappa shape index (κ3) is 2.62. The second-order valence-corrected chi connectivity index (χ2v) is 3.94. The lowest BCUT2D eigenvalue weighted by molar-refractivity contribution is 0.292. The van der Waals surface area contributed by atoms with Crippen molar-refractivity contribution in [3.8, 4) is 0 Å². The van der Waals surface area contributed by atoms with Crippen molar-refractivity contribution in [1.29, 1.82) is 0 Å². The predicted molar refractivity (Wildman–Crippen MR) is 66.6 cm³/mol. The second kappa shape index (κ2) is 5.68. The lowest BCUT2D eigenvalue weighted by Crippen LogP contribution is -2.19. The molecule has 1 aromatic heterocycles. The van der Waals surface area contributed by atoms with Crippen LogP contribution in [0.1, 0.15) is 12.0 Å². The number of aryl methyl sites for hydroxylation is 1. The Balaban J connectivity index is 1.89. The molecule has 3 N–H and O–H groups in total. The van der Waals surface area contributed by atoms with Crippen molar-refractivity contribution in [2.24, 2.45) is 0 Å². The van der Waals surface area contributed by atoms with Crippen LogP contribution in [0.5, 0.6) is 0 Å². The molecule has 0 aliphatic rings. The number of rotatable bonds is 6. The normalized spacial score (nSPS) is 11.1. The number of aromatic nitrogens is 1. The van der Waals surface area contributed by atoms with Gasteiger partial charge in [0.05, 0.1) is 6.61 Å². The maximum Gasteiger partial charge on any atom is 0.0555 e. The monoisotopic (exact) mass is 218 g/mol. The number of aromatic amines is 1. The summed E-state index contributed by atoms with van der Waals surface area (Å²) in [6, 6.07) is 8.38. The Bertz CT molecular complexity index is 436. The summed E-state index contributed by atoms with van der Waals surface area (Å²) < 4.78 is 0. The zero-order chi connectivity index (χ0) is 11.2. The first-order valence-electron chi connectivity index (χ1n) is 5.78. The molecule has 2 aromatic rings. The van der Waals surface area contributed by atoms with Crippen LogP contribution in [-0.2, 0) is 6.42 Å². The summed E-state index contributed by atoms with van der Waals surface area (Å²) in [5.74, 6) is 0. The largest absolute Gasteiger partial charge is 0.395 e. The van der Waals surface area contributed by atoms with Crippen LogP contribution in [0.3, 0.4) is 0 Å². The maximum absolute atomic E-state index is 8.62. The van der Waals surface area contributed by atoms with E-state index in [1.807, 2.05) is 6.07 Å². The van der Waals surface area contributed by atoms with Gasteiger partial charge in [-0.15, -0.1) is 0 Å². The van der Waals surface area contributed by atoms with E-state index in [2.05, 4.69) is 34.7 Å². The van der Waals surface area contributed by atoms with Crippen LogP contribution in [0, 0.1) is 0 Å². The molecule has 0 amide bonds. The Hall–Kier alpha value is -1.32. The molecule has 86 valence electrons. The smallest absolute Gasteiger partial charge is 0.0555 e. The maximum atomic E-state index is 8.62. The van der Waals surface area contributed by atoms with Gasteiger partial charge in [0.15, 0.2) is 0 Å². The van der Waals surface area contributed by atoms with Gasteiger partial charge in [-0.2, -0.15) is 0 Å². The number of hydrogen-bond acceptors (Lipinski definition) is 2. The molecule has 1 heterocycles. The minimum atomic E-state index is 0.215. The molecule has 0 unspecified atom stereocenters. The number of fused-ring (bicyclic) bond motifs is 1. The molecule has 0 atom stereocenters. The molecule has 0 spiro atoms. The van der Waals surface area contributed by atoms with Gasteiger partial charge in [-0.1, -0.05) is 18.2 Å². The van der Waals surface area contributed by atoms with Crippen LogP contribution in [0.25, 0.3) is 10.9 Å². The van der Waals surface area contributed by atoms with E-state index in [-0.39, 0.29) is 6.61 Å². The first kappa shape index (κ1) is 11.2. The van der Waals surface area contributed by atoms with E-state index in [0.717, 1.165) is 19.4 Å². The molecule has 3 nitrogen and oxygen atoms in total. The molecular weight excluding hydrogens is 200 g/mol. The van der Waals surface area contributed by atoms with Crippen molar-refractivity contribution < 1.29 is 5.11 Å². The van der Waals surface area contributed by atoms with Crippen LogP contribution in [0.15, 0.2) is 30.5 Å². The SMILES string of the molecule is OCCNCCCc1c[nH]c2ccccc12. The highest BCUT2D eigenvalue weighted by molar-refractivity contribution is 5.82. The van der Waals surface area contributed by atoms with E-state index >= 15 is 0 Å². The first-order valence-corrected chi connectivity index (χ1v) is 5.78. The van der Waals surface area contributed by atoms with Crippen molar-refractivity contribution in [2.45, 2.75) is 12.8 Å². The van der Waals surface area contributed by atoms with E-state index < -0.39 is 0 Å². The van der Waals surface area contributed by atoms with Crippen LogP contribution < -0.4 is 5.32 Å². The zero-order valence-corrected chi connectivity index (χ0v) is 9.37. The summed E-state index contributed by atoms with van der Waals surface area (Å²) in [5, 5.41) is 13.1. The van der Waals surface area contributed by atoms with E-state index in [1.165, 1.54) is 16.5 Å². The van der Waals surface area contributed by atoms with Crippen molar-refractivity contribution >= 4 is 10.9 Å². The highest BCUT2D eigenvalue weighted by Crippen LogP contribution is 2.18. The van der Waals surface area contributed by atoms with E-state index in [4.69, 9.17) is 5.11 Å². The number of nitrogens with one attached hydrogen (secondary N) is 2. The molecule has 3 heteroatoms. The number of para-hydroxylation sites is 1. The van der Waals surface area contributed by atoms with Gasteiger partial charge in [0.2, 0.25) is 0 Å². The molecule has 0 saturated heterocycles. The van der Waals surface area contributed by atoms with Gasteiger partial charge in [-0.25, -0.2) is 0 Å². The Morgan fingerprint density at radius 1 is 1.19 bits per heavy atom. The van der Waals surface area contributed by atoms with Crippen molar-refractivity contribution in [2.75, 3.05) is 19.7 Å². The molecule has 2 rings (SSSR count). The molecule has 1 aromatic carbocycles. The molecule has 0 fully saturated rings. The molecule has 0 aliphatic heterocycles. The zero-order valence-electron chi connectivity index (χ0n) is 9.37. The Labute approximate surface area is 95.5 Å². The number of hydrogen-bond donors (Lipinski definition) is 3. The fourth-order valence-electron chi connectivity index (χ4n) is 1.95. The lowest BCUT2D eigenvalue weighted by Gasteiger charge is -2.01. The quantitative estimate of drug-likeness (QED) is 0.646. The molecule has 0 saturated carbocycles. The standard InChI is InChI=1S/C13H18N2O/c16-9-8-14-7-3-4-11-10-15-13-6-2-1-5-12(11)13/h1-2,5-6,10,14-16H,3-4,7-9H2. The minimum absolute atomic E-state index is 0.215. The number of aliphatic hydroxyl groups excluding tert-OH is 1. The number of aliphatic hydroxyl groups is 1. The van der Waals surface area contributed by atoms with Crippen LogP contribution >= 0.6 is 0 Å². The van der Waals surface area contributed by atoms with Crippen molar-refractivity contribution in [3.05, 3.63) is 36.0 Å². The predicted octanol–water partition coefficient (Wildman–Crippen LogP) is 1.68. The average Bonchev–Trinajstić information content (AvgIpc) is 2.73. The lowest BCUT2D eigenvalue weighted by atomic mass is 10.1. The molecular formula is C13H18N2O. The van der Waals surface area contributed by atoms with E-state index in [1.54, 1.807) is 0 Å². The Kier molecular flexibility index (Phi) is 3.97. The highest BCUT2D eigenvalue weighted by atomic mass is 16.3. The fraction of sp³-hybridized carbons (Fsp3) is 0.385. The van der Waals surface area contributed by atoms with Crippen LogP contribution in [-0.4, -0.2) is 29.8 Å². The average molecular weight is 218 g/mol. The van der Waals surface area contributed by atoms with Gasteiger partial charge >= 0.3 is 0 Å². The van der Waals surface area contributed by atoms with E-state index in [0.29, 0.717) is 6.54 Å². The van der Waals surface area contributed by atoms with Gasteiger partial charge in [0, 0.05) is 23.6 Å². The molecule has 0 aliphatic carbocycles. The number of benzene rings is 1. The third-order valence-corrected chi connectivity index (χ3v) is 2.76. The van der Waals surface area contributed by atoms with Crippen LogP contribution in [0.2, 0.25) is 0 Å². The van der Waals surface area contributed by atoms with E-state index in [9.17, 15) is 0 Å². The van der Waals surface area contributed by atoms with Crippen molar-refractivity contribution in [1.82, 2.24) is 10.3 Å². The van der Waals surface area contributed by atoms with Gasteiger partial charge in [-0.05, 0) is 31.0 Å². The van der Waals surface area contributed by atoms with Gasteiger partial charge in [0.1, 0.15) is 0 Å². The van der Waals surface area contributed by atoms with Crippen molar-refractivity contribution in [3.63, 3.8) is 0 Å². The van der Waals surface area contributed by atoms with Crippen LogP contribution in [0.4, 0.5) is 0 Å². The third-order valence-electron chi connectivity index (χ3n) is 2.76. The first-order chi connectivity index (χ1) is 7.92. The fourth-order valence-corrected chi connectivity index (χ4v) is 1.95. The summed E-state index contributed by atoms with van der Waals surface area (Å²) in [6.07, 6.45) is 4.26. The highest BCUT2D eigenvalue weighted by Gasteiger charge is 2.01. The minimum Gasteiger partial charge on any atom is -0.395 e. The number of H-pyrrole nitrogens is 1. The topological polar surface area (TPSA) is 48.0 Å². The summed E-state index contributed by atoms with van der Waals surface area (Å²) >= 11 is 0.